The van der Waals surface area contributed by atoms with Gasteiger partial charge < -0.3 is 0 Å². The van der Waals surface area contributed by atoms with Crippen LogP contribution in [0.25, 0.3) is 10.8 Å². The van der Waals surface area contributed by atoms with Crippen molar-refractivity contribution in [3.05, 3.63) is 41.7 Å². The fraction of sp³-hybridized carbons (Fsp3) is 0.250. The standard InChI is InChI=1S/C12H13N/c1-3-10-4-5-12-9(2)7-13-8-11(12)6-10/h4-8H,3H2,1-2H3. The highest BCUT2D eigenvalue weighted by Gasteiger charge is 1.97. The van der Waals surface area contributed by atoms with Crippen LogP contribution in [0, 0.1) is 6.92 Å². The van der Waals surface area contributed by atoms with Gasteiger partial charge in [0.2, 0.25) is 0 Å². The number of hydrogen-bond donors (Lipinski definition) is 0. The Balaban J connectivity index is 2.72. The Hall–Kier alpha value is -1.37. The lowest BCUT2D eigenvalue weighted by atomic mass is 10.0. The SMILES string of the molecule is CCc1ccc2c(C)cncc2c1. The summed E-state index contributed by atoms with van der Waals surface area (Å²) < 4.78 is 0. The molecule has 0 atom stereocenters. The molecular weight excluding hydrogens is 158 g/mol. The van der Waals surface area contributed by atoms with Crippen molar-refractivity contribution in [3.63, 3.8) is 0 Å². The Kier molecular flexibility index (Phi) is 2.01. The fourth-order valence-electron chi connectivity index (χ4n) is 1.60. The number of nitrogens with zero attached hydrogens (tertiary/aromatic N) is 1. The minimum atomic E-state index is 1.09. The maximum atomic E-state index is 4.19. The van der Waals surface area contributed by atoms with E-state index in [1.54, 1.807) is 0 Å². The van der Waals surface area contributed by atoms with E-state index in [-0.39, 0.29) is 0 Å². The lowest BCUT2D eigenvalue weighted by molar-refractivity contribution is 1.14. The van der Waals surface area contributed by atoms with Gasteiger partial charge in [-0.05, 0) is 35.9 Å². The lowest BCUT2D eigenvalue weighted by Crippen LogP contribution is -1.84. The van der Waals surface area contributed by atoms with Crippen LogP contribution in [0.15, 0.2) is 30.6 Å². The van der Waals surface area contributed by atoms with E-state index < -0.39 is 0 Å². The van der Waals surface area contributed by atoms with Crippen LogP contribution >= 0.6 is 0 Å². The monoisotopic (exact) mass is 171 g/mol. The Morgan fingerprint density at radius 2 is 2.08 bits per heavy atom. The van der Waals surface area contributed by atoms with E-state index >= 15 is 0 Å². The Morgan fingerprint density at radius 1 is 1.23 bits per heavy atom. The number of aryl methyl sites for hydroxylation is 2. The third kappa shape index (κ3) is 1.42. The van der Waals surface area contributed by atoms with Crippen LogP contribution in [0.1, 0.15) is 18.1 Å². The van der Waals surface area contributed by atoms with Gasteiger partial charge >= 0.3 is 0 Å². The first-order valence-electron chi connectivity index (χ1n) is 4.64. The average Bonchev–Trinajstić information content (AvgIpc) is 2.18. The number of rotatable bonds is 1. The molecule has 0 spiro atoms. The quantitative estimate of drug-likeness (QED) is 0.642. The molecule has 0 unspecified atom stereocenters. The predicted octanol–water partition coefficient (Wildman–Crippen LogP) is 3.11. The molecule has 1 aromatic heterocycles. The van der Waals surface area contributed by atoms with Crippen molar-refractivity contribution in [1.82, 2.24) is 4.98 Å². The van der Waals surface area contributed by atoms with Crippen molar-refractivity contribution in [2.75, 3.05) is 0 Å². The number of hydrogen-bond acceptors (Lipinski definition) is 1. The van der Waals surface area contributed by atoms with Crippen LogP contribution in [0.3, 0.4) is 0 Å². The zero-order valence-corrected chi connectivity index (χ0v) is 8.04. The molecule has 2 aromatic rings. The number of benzene rings is 1. The molecule has 1 heteroatoms. The van der Waals surface area contributed by atoms with Gasteiger partial charge in [-0.25, -0.2) is 0 Å². The molecule has 0 fully saturated rings. The lowest BCUT2D eigenvalue weighted by Gasteiger charge is -2.02. The van der Waals surface area contributed by atoms with Gasteiger partial charge in [0.1, 0.15) is 0 Å². The molecule has 1 nitrogen and oxygen atoms in total. The van der Waals surface area contributed by atoms with Crippen molar-refractivity contribution >= 4 is 10.8 Å². The van der Waals surface area contributed by atoms with Crippen molar-refractivity contribution < 1.29 is 0 Å². The first-order chi connectivity index (χ1) is 6.31. The molecule has 0 aliphatic heterocycles. The van der Waals surface area contributed by atoms with Gasteiger partial charge in [0.15, 0.2) is 0 Å². The molecule has 0 amide bonds. The number of aromatic nitrogens is 1. The third-order valence-corrected chi connectivity index (χ3v) is 2.43. The van der Waals surface area contributed by atoms with E-state index in [0.29, 0.717) is 0 Å². The molecule has 66 valence electrons. The molecule has 0 radical (unpaired) electrons. The summed E-state index contributed by atoms with van der Waals surface area (Å²) in [4.78, 5) is 4.19. The zero-order chi connectivity index (χ0) is 9.26. The molecule has 2 rings (SSSR count). The topological polar surface area (TPSA) is 12.9 Å². The average molecular weight is 171 g/mol. The molecule has 1 heterocycles. The molecule has 0 aliphatic carbocycles. The van der Waals surface area contributed by atoms with Crippen LogP contribution in [-0.4, -0.2) is 4.98 Å². The Labute approximate surface area is 78.4 Å². The number of pyridine rings is 1. The second-order valence-corrected chi connectivity index (χ2v) is 3.37. The minimum absolute atomic E-state index is 1.09. The molecule has 0 bridgehead atoms. The summed E-state index contributed by atoms with van der Waals surface area (Å²) in [5.74, 6) is 0. The van der Waals surface area contributed by atoms with Crippen molar-refractivity contribution in [2.45, 2.75) is 20.3 Å². The second kappa shape index (κ2) is 3.17. The van der Waals surface area contributed by atoms with Crippen LogP contribution in [-0.2, 0) is 6.42 Å². The summed E-state index contributed by atoms with van der Waals surface area (Å²) in [7, 11) is 0. The minimum Gasteiger partial charge on any atom is -0.264 e. The largest absolute Gasteiger partial charge is 0.264 e. The van der Waals surface area contributed by atoms with E-state index in [0.717, 1.165) is 6.42 Å². The van der Waals surface area contributed by atoms with E-state index in [9.17, 15) is 0 Å². The maximum absolute atomic E-state index is 4.19. The summed E-state index contributed by atoms with van der Waals surface area (Å²) in [5.41, 5.74) is 2.63. The highest BCUT2D eigenvalue weighted by molar-refractivity contribution is 5.85. The number of fused-ring (bicyclic) bond motifs is 1. The molecule has 13 heavy (non-hydrogen) atoms. The predicted molar refractivity (Wildman–Crippen MR) is 55.9 cm³/mol. The molecule has 1 aromatic carbocycles. The third-order valence-electron chi connectivity index (χ3n) is 2.43. The van der Waals surface area contributed by atoms with Crippen LogP contribution < -0.4 is 0 Å². The maximum Gasteiger partial charge on any atom is 0.0346 e. The van der Waals surface area contributed by atoms with Gasteiger partial charge in [-0.3, -0.25) is 4.98 Å². The second-order valence-electron chi connectivity index (χ2n) is 3.37. The summed E-state index contributed by atoms with van der Waals surface area (Å²) in [6.45, 7) is 4.27. The summed E-state index contributed by atoms with van der Waals surface area (Å²) in [5, 5.41) is 2.56. The van der Waals surface area contributed by atoms with Gasteiger partial charge in [0.05, 0.1) is 0 Å². The highest BCUT2D eigenvalue weighted by atomic mass is 14.6. The van der Waals surface area contributed by atoms with Crippen molar-refractivity contribution in [2.24, 2.45) is 0 Å². The summed E-state index contributed by atoms with van der Waals surface area (Å²) in [6, 6.07) is 6.59. The van der Waals surface area contributed by atoms with Gasteiger partial charge in [-0.1, -0.05) is 19.1 Å². The normalized spacial score (nSPS) is 10.6. The van der Waals surface area contributed by atoms with E-state index in [1.807, 2.05) is 12.4 Å². The van der Waals surface area contributed by atoms with Crippen molar-refractivity contribution in [1.29, 1.82) is 0 Å². The Morgan fingerprint density at radius 3 is 2.85 bits per heavy atom. The fourth-order valence-corrected chi connectivity index (χ4v) is 1.60. The first-order valence-corrected chi connectivity index (χ1v) is 4.64. The Bertz CT molecular complexity index is 432. The van der Waals surface area contributed by atoms with E-state index in [2.05, 4.69) is 37.0 Å². The van der Waals surface area contributed by atoms with Crippen LogP contribution in [0.5, 0.6) is 0 Å². The van der Waals surface area contributed by atoms with Crippen LogP contribution in [0.2, 0.25) is 0 Å². The molecule has 0 aliphatic rings. The smallest absolute Gasteiger partial charge is 0.0346 e. The van der Waals surface area contributed by atoms with E-state index in [4.69, 9.17) is 0 Å². The first kappa shape index (κ1) is 8.24. The van der Waals surface area contributed by atoms with Gasteiger partial charge in [-0.15, -0.1) is 0 Å². The van der Waals surface area contributed by atoms with E-state index in [1.165, 1.54) is 21.9 Å². The summed E-state index contributed by atoms with van der Waals surface area (Å²) >= 11 is 0. The molecule has 0 saturated heterocycles. The van der Waals surface area contributed by atoms with Gasteiger partial charge in [0.25, 0.3) is 0 Å². The van der Waals surface area contributed by atoms with Gasteiger partial charge in [-0.2, -0.15) is 0 Å². The highest BCUT2D eigenvalue weighted by Crippen LogP contribution is 2.18. The van der Waals surface area contributed by atoms with Crippen LogP contribution in [0.4, 0.5) is 0 Å². The van der Waals surface area contributed by atoms with Crippen molar-refractivity contribution in [3.8, 4) is 0 Å². The molecule has 0 saturated carbocycles. The zero-order valence-electron chi connectivity index (χ0n) is 8.04. The summed E-state index contributed by atoms with van der Waals surface area (Å²) in [6.07, 6.45) is 4.93. The van der Waals surface area contributed by atoms with Gasteiger partial charge in [0, 0.05) is 17.8 Å². The molecular formula is C12H13N. The molecule has 0 N–H and O–H groups in total.